The number of aryl methyl sites for hydroxylation is 1. The second-order valence-corrected chi connectivity index (χ2v) is 6.07. The lowest BCUT2D eigenvalue weighted by Crippen LogP contribution is -1.80. The molecule has 3 heterocycles. The van der Waals surface area contributed by atoms with Gasteiger partial charge in [-0.2, -0.15) is 0 Å². The number of thiol groups is 1. The van der Waals surface area contributed by atoms with Gasteiger partial charge in [0.25, 0.3) is 0 Å². The third-order valence-electron chi connectivity index (χ3n) is 2.49. The molecular formula is C11H8BrN3S2. The van der Waals surface area contributed by atoms with Gasteiger partial charge in [0.05, 0.1) is 10.7 Å². The van der Waals surface area contributed by atoms with Crippen LogP contribution in [0.4, 0.5) is 0 Å². The van der Waals surface area contributed by atoms with E-state index < -0.39 is 0 Å². The highest BCUT2D eigenvalue weighted by molar-refractivity contribution is 9.10. The van der Waals surface area contributed by atoms with Gasteiger partial charge in [-0.05, 0) is 28.9 Å². The Morgan fingerprint density at radius 2 is 2.29 bits per heavy atom. The summed E-state index contributed by atoms with van der Waals surface area (Å²) in [6.07, 6.45) is 3.72. The van der Waals surface area contributed by atoms with E-state index in [1.165, 1.54) is 0 Å². The summed E-state index contributed by atoms with van der Waals surface area (Å²) in [6, 6.07) is 2.04. The third kappa shape index (κ3) is 1.90. The van der Waals surface area contributed by atoms with E-state index in [4.69, 9.17) is 0 Å². The molecule has 0 aliphatic heterocycles. The number of thiazole rings is 1. The van der Waals surface area contributed by atoms with Crippen LogP contribution in [0.25, 0.3) is 22.3 Å². The highest BCUT2D eigenvalue weighted by Crippen LogP contribution is 2.32. The van der Waals surface area contributed by atoms with Crippen molar-refractivity contribution in [1.29, 1.82) is 0 Å². The SMILES string of the molecule is Cc1nc(-c2cn(S)c3ncc(Br)cc23)cs1. The van der Waals surface area contributed by atoms with Crippen molar-refractivity contribution in [3.05, 3.63) is 33.3 Å². The zero-order chi connectivity index (χ0) is 12.0. The Morgan fingerprint density at radius 1 is 1.47 bits per heavy atom. The number of aromatic nitrogens is 3. The van der Waals surface area contributed by atoms with Crippen LogP contribution in [0.5, 0.6) is 0 Å². The van der Waals surface area contributed by atoms with Crippen molar-refractivity contribution in [2.75, 3.05) is 0 Å². The van der Waals surface area contributed by atoms with Crippen molar-refractivity contribution in [2.45, 2.75) is 6.92 Å². The maximum atomic E-state index is 4.50. The molecule has 3 aromatic rings. The highest BCUT2D eigenvalue weighted by atomic mass is 79.9. The molecule has 0 saturated carbocycles. The maximum absolute atomic E-state index is 4.50. The largest absolute Gasteiger partial charge is 0.277 e. The summed E-state index contributed by atoms with van der Waals surface area (Å²) < 4.78 is 2.68. The summed E-state index contributed by atoms with van der Waals surface area (Å²) in [6.45, 7) is 2.00. The molecule has 0 spiro atoms. The summed E-state index contributed by atoms with van der Waals surface area (Å²) in [5.41, 5.74) is 2.88. The van der Waals surface area contributed by atoms with Crippen LogP contribution >= 0.6 is 40.1 Å². The van der Waals surface area contributed by atoms with Crippen LogP contribution in [0.2, 0.25) is 0 Å². The lowest BCUT2D eigenvalue weighted by Gasteiger charge is -1.95. The number of rotatable bonds is 1. The van der Waals surface area contributed by atoms with Crippen molar-refractivity contribution in [2.24, 2.45) is 0 Å². The first-order valence-electron chi connectivity index (χ1n) is 4.93. The second-order valence-electron chi connectivity index (χ2n) is 3.66. The predicted molar refractivity (Wildman–Crippen MR) is 77.7 cm³/mol. The summed E-state index contributed by atoms with van der Waals surface area (Å²) in [5.74, 6) is 0. The van der Waals surface area contributed by atoms with Crippen LogP contribution in [0.3, 0.4) is 0 Å². The van der Waals surface area contributed by atoms with Crippen LogP contribution in [-0.2, 0) is 0 Å². The Kier molecular flexibility index (Phi) is 2.72. The lowest BCUT2D eigenvalue weighted by atomic mass is 10.2. The summed E-state index contributed by atoms with van der Waals surface area (Å²) >= 11 is 9.46. The minimum absolute atomic E-state index is 0.845. The van der Waals surface area contributed by atoms with Gasteiger partial charge >= 0.3 is 0 Å². The standard InChI is InChI=1S/C11H8BrN3S2/c1-6-14-10(5-17-6)9-4-15(16)11-8(9)2-7(12)3-13-11/h2-5,16H,1H3. The Hall–Kier alpha value is -0.850. The zero-order valence-corrected chi connectivity index (χ0v) is 12.2. The monoisotopic (exact) mass is 325 g/mol. The van der Waals surface area contributed by atoms with Gasteiger partial charge in [0.1, 0.15) is 5.65 Å². The first-order valence-corrected chi connectivity index (χ1v) is 7.01. The molecule has 3 aromatic heterocycles. The number of halogens is 1. The van der Waals surface area contributed by atoms with E-state index >= 15 is 0 Å². The van der Waals surface area contributed by atoms with Gasteiger partial charge in [-0.3, -0.25) is 3.97 Å². The number of nitrogens with zero attached hydrogens (tertiary/aromatic N) is 3. The minimum Gasteiger partial charge on any atom is -0.277 e. The van der Waals surface area contributed by atoms with E-state index in [2.05, 4.69) is 44.1 Å². The summed E-state index contributed by atoms with van der Waals surface area (Å²) in [4.78, 5) is 8.85. The number of pyridine rings is 1. The van der Waals surface area contributed by atoms with E-state index in [9.17, 15) is 0 Å². The lowest BCUT2D eigenvalue weighted by molar-refractivity contribution is 1.26. The zero-order valence-electron chi connectivity index (χ0n) is 8.88. The van der Waals surface area contributed by atoms with Gasteiger partial charge in [0, 0.05) is 33.2 Å². The fraction of sp³-hybridized carbons (Fsp3) is 0.0909. The molecule has 6 heteroatoms. The summed E-state index contributed by atoms with van der Waals surface area (Å²) in [7, 11) is 0. The molecule has 0 N–H and O–H groups in total. The molecule has 0 aromatic carbocycles. The van der Waals surface area contributed by atoms with E-state index in [-0.39, 0.29) is 0 Å². The summed E-state index contributed by atoms with van der Waals surface area (Å²) in [5, 5.41) is 4.17. The van der Waals surface area contributed by atoms with Crippen molar-refractivity contribution < 1.29 is 0 Å². The normalized spacial score (nSPS) is 11.2. The predicted octanol–water partition coefficient (Wildman–Crippen LogP) is 3.92. The average Bonchev–Trinajstić information content (AvgIpc) is 2.83. The molecule has 0 aliphatic rings. The fourth-order valence-corrected chi connectivity index (χ4v) is 2.98. The van der Waals surface area contributed by atoms with Crippen LogP contribution in [0.1, 0.15) is 5.01 Å². The van der Waals surface area contributed by atoms with Gasteiger partial charge in [-0.15, -0.1) is 11.3 Å². The van der Waals surface area contributed by atoms with E-state index in [0.717, 1.165) is 31.8 Å². The molecule has 0 unspecified atom stereocenters. The van der Waals surface area contributed by atoms with Crippen molar-refractivity contribution in [3.8, 4) is 11.3 Å². The van der Waals surface area contributed by atoms with Crippen molar-refractivity contribution >= 4 is 51.1 Å². The molecule has 0 bridgehead atoms. The topological polar surface area (TPSA) is 30.7 Å². The van der Waals surface area contributed by atoms with Crippen LogP contribution in [0.15, 0.2) is 28.3 Å². The molecular weight excluding hydrogens is 318 g/mol. The minimum atomic E-state index is 0.845. The Morgan fingerprint density at radius 3 is 3.00 bits per heavy atom. The molecule has 0 fully saturated rings. The van der Waals surface area contributed by atoms with Crippen LogP contribution in [-0.4, -0.2) is 13.9 Å². The first kappa shape index (κ1) is 11.3. The van der Waals surface area contributed by atoms with Crippen LogP contribution in [0, 0.1) is 6.92 Å². The molecule has 3 rings (SSSR count). The molecule has 0 atom stereocenters. The van der Waals surface area contributed by atoms with Gasteiger partial charge < -0.3 is 0 Å². The van der Waals surface area contributed by atoms with E-state index in [0.29, 0.717) is 0 Å². The molecule has 17 heavy (non-hydrogen) atoms. The van der Waals surface area contributed by atoms with Crippen molar-refractivity contribution in [3.63, 3.8) is 0 Å². The highest BCUT2D eigenvalue weighted by Gasteiger charge is 2.12. The Balaban J connectivity index is 2.33. The van der Waals surface area contributed by atoms with Gasteiger partial charge in [0.15, 0.2) is 0 Å². The maximum Gasteiger partial charge on any atom is 0.150 e. The van der Waals surface area contributed by atoms with Crippen molar-refractivity contribution in [1.82, 2.24) is 13.9 Å². The third-order valence-corrected chi connectivity index (χ3v) is 4.00. The molecule has 0 saturated heterocycles. The van der Waals surface area contributed by atoms with Gasteiger partial charge in [0.2, 0.25) is 0 Å². The Labute approximate surface area is 116 Å². The van der Waals surface area contributed by atoms with E-state index in [1.807, 2.05) is 19.2 Å². The molecule has 3 nitrogen and oxygen atoms in total. The quantitative estimate of drug-likeness (QED) is 0.687. The molecule has 0 radical (unpaired) electrons. The average molecular weight is 326 g/mol. The molecule has 0 aliphatic carbocycles. The number of hydrogen-bond acceptors (Lipinski definition) is 4. The molecule has 0 amide bonds. The Bertz CT molecular complexity index is 702. The molecule has 86 valence electrons. The fourth-order valence-electron chi connectivity index (χ4n) is 1.76. The second kappa shape index (κ2) is 4.12. The first-order chi connectivity index (χ1) is 8.15. The van der Waals surface area contributed by atoms with Gasteiger partial charge in [-0.25, -0.2) is 9.97 Å². The smallest absolute Gasteiger partial charge is 0.150 e. The van der Waals surface area contributed by atoms with E-state index in [1.54, 1.807) is 21.5 Å². The number of hydrogen-bond donors (Lipinski definition) is 1. The number of fused-ring (bicyclic) bond motifs is 1. The van der Waals surface area contributed by atoms with Gasteiger partial charge in [-0.1, -0.05) is 12.8 Å². The van der Waals surface area contributed by atoms with Crippen LogP contribution < -0.4 is 0 Å².